The number of rotatable bonds is 1. The lowest BCUT2D eigenvalue weighted by Crippen LogP contribution is -2.59. The van der Waals surface area contributed by atoms with Crippen LogP contribution in [0.25, 0.3) is 0 Å². The lowest BCUT2D eigenvalue weighted by atomic mass is 9.98. The molecule has 82 valence electrons. The maximum absolute atomic E-state index is 5.85. The molecule has 3 nitrogen and oxygen atoms in total. The fourth-order valence-corrected chi connectivity index (χ4v) is 2.58. The summed E-state index contributed by atoms with van der Waals surface area (Å²) in [5.41, 5.74) is 0. The molecule has 0 aromatic carbocycles. The molecule has 1 unspecified atom stereocenters. The van der Waals surface area contributed by atoms with Gasteiger partial charge >= 0.3 is 0 Å². The third-order valence-corrected chi connectivity index (χ3v) is 3.63. The summed E-state index contributed by atoms with van der Waals surface area (Å²) in [6, 6.07) is 1.32. The molecule has 0 aromatic heterocycles. The van der Waals surface area contributed by atoms with Crippen molar-refractivity contribution >= 4 is 0 Å². The highest BCUT2D eigenvalue weighted by molar-refractivity contribution is 4.90. The second-order valence-corrected chi connectivity index (χ2v) is 4.83. The first kappa shape index (κ1) is 10.4. The second kappa shape index (κ2) is 4.17. The van der Waals surface area contributed by atoms with E-state index in [0.717, 1.165) is 19.7 Å². The molecule has 2 aliphatic rings. The van der Waals surface area contributed by atoms with Gasteiger partial charge in [-0.15, -0.1) is 0 Å². The van der Waals surface area contributed by atoms with E-state index in [4.69, 9.17) is 4.74 Å². The number of likely N-dealkylation sites (tertiary alicyclic amines) is 1. The molecular formula is C11H22N2O. The normalized spacial score (nSPS) is 36.0. The molecule has 2 aliphatic heterocycles. The summed E-state index contributed by atoms with van der Waals surface area (Å²) in [7, 11) is 2.23. The smallest absolute Gasteiger partial charge is 0.0857 e. The van der Waals surface area contributed by atoms with Crippen LogP contribution in [0.4, 0.5) is 0 Å². The van der Waals surface area contributed by atoms with Gasteiger partial charge in [0.25, 0.3) is 0 Å². The molecule has 2 fully saturated rings. The molecule has 0 saturated carbocycles. The van der Waals surface area contributed by atoms with Crippen molar-refractivity contribution in [1.82, 2.24) is 9.80 Å². The van der Waals surface area contributed by atoms with Crippen LogP contribution in [-0.2, 0) is 4.74 Å². The first-order chi connectivity index (χ1) is 6.68. The Balaban J connectivity index is 1.96. The monoisotopic (exact) mass is 198 g/mol. The number of ether oxygens (including phenoxy) is 1. The summed E-state index contributed by atoms with van der Waals surface area (Å²) in [6.45, 7) is 8.89. The van der Waals surface area contributed by atoms with Gasteiger partial charge < -0.3 is 4.74 Å². The van der Waals surface area contributed by atoms with Gasteiger partial charge in [0.1, 0.15) is 0 Å². The number of hydrogen-bond donors (Lipinski definition) is 0. The summed E-state index contributed by atoms with van der Waals surface area (Å²) in [4.78, 5) is 4.99. The van der Waals surface area contributed by atoms with Crippen molar-refractivity contribution in [3.63, 3.8) is 0 Å². The Labute approximate surface area is 87.0 Å². The van der Waals surface area contributed by atoms with Crippen LogP contribution in [0.15, 0.2) is 0 Å². The van der Waals surface area contributed by atoms with Crippen LogP contribution in [0.1, 0.15) is 20.3 Å². The number of morpholine rings is 1. The Morgan fingerprint density at radius 3 is 2.79 bits per heavy atom. The summed E-state index contributed by atoms with van der Waals surface area (Å²) in [5.74, 6) is 0. The fourth-order valence-electron chi connectivity index (χ4n) is 2.58. The molecule has 0 aliphatic carbocycles. The molecule has 0 aromatic rings. The van der Waals surface area contributed by atoms with E-state index < -0.39 is 0 Å². The standard InChI is InChI=1S/C11H22N2O/c1-9(2)13-5-4-10-11(8-13)14-7-6-12(10)3/h9-11H,4-8H2,1-3H3/t10-,11?/m0/s1. The molecule has 0 radical (unpaired) electrons. The largest absolute Gasteiger partial charge is 0.374 e. The Kier molecular flexibility index (Phi) is 3.10. The number of hydrogen-bond acceptors (Lipinski definition) is 3. The Hall–Kier alpha value is -0.120. The molecule has 2 rings (SSSR count). The average molecular weight is 198 g/mol. The molecule has 2 saturated heterocycles. The summed E-state index contributed by atoms with van der Waals surface area (Å²) in [5, 5.41) is 0. The zero-order valence-electron chi connectivity index (χ0n) is 9.57. The lowest BCUT2D eigenvalue weighted by molar-refractivity contribution is -0.100. The van der Waals surface area contributed by atoms with Crippen molar-refractivity contribution in [2.45, 2.75) is 38.5 Å². The predicted molar refractivity (Wildman–Crippen MR) is 57.5 cm³/mol. The van der Waals surface area contributed by atoms with E-state index in [0.29, 0.717) is 18.2 Å². The topological polar surface area (TPSA) is 15.7 Å². The SMILES string of the molecule is CC(C)N1CC[C@H]2C(C1)OCCN2C. The van der Waals surface area contributed by atoms with Crippen LogP contribution in [-0.4, -0.2) is 61.3 Å². The van der Waals surface area contributed by atoms with Crippen LogP contribution < -0.4 is 0 Å². The Morgan fingerprint density at radius 1 is 1.29 bits per heavy atom. The maximum atomic E-state index is 5.85. The minimum absolute atomic E-state index is 0.449. The van der Waals surface area contributed by atoms with Gasteiger partial charge in [-0.05, 0) is 27.3 Å². The minimum atomic E-state index is 0.449. The lowest BCUT2D eigenvalue weighted by Gasteiger charge is -2.46. The predicted octanol–water partition coefficient (Wildman–Crippen LogP) is 0.800. The Morgan fingerprint density at radius 2 is 2.07 bits per heavy atom. The molecule has 2 atom stereocenters. The van der Waals surface area contributed by atoms with Crippen molar-refractivity contribution in [1.29, 1.82) is 0 Å². The van der Waals surface area contributed by atoms with Crippen molar-refractivity contribution in [3.8, 4) is 0 Å². The van der Waals surface area contributed by atoms with Crippen LogP contribution in [0.2, 0.25) is 0 Å². The molecule has 0 N–H and O–H groups in total. The van der Waals surface area contributed by atoms with Gasteiger partial charge in [-0.2, -0.15) is 0 Å². The van der Waals surface area contributed by atoms with E-state index in [1.165, 1.54) is 13.0 Å². The molecule has 3 heteroatoms. The van der Waals surface area contributed by atoms with Gasteiger partial charge in [-0.25, -0.2) is 0 Å². The van der Waals surface area contributed by atoms with Crippen LogP contribution >= 0.6 is 0 Å². The van der Waals surface area contributed by atoms with Crippen molar-refractivity contribution < 1.29 is 4.74 Å². The molecule has 14 heavy (non-hydrogen) atoms. The molecule has 0 spiro atoms. The van der Waals surface area contributed by atoms with Gasteiger partial charge in [-0.1, -0.05) is 0 Å². The minimum Gasteiger partial charge on any atom is -0.374 e. The molecule has 0 bridgehead atoms. The van der Waals surface area contributed by atoms with Crippen LogP contribution in [0.5, 0.6) is 0 Å². The zero-order valence-corrected chi connectivity index (χ0v) is 9.57. The fraction of sp³-hybridized carbons (Fsp3) is 1.00. The van der Waals surface area contributed by atoms with Gasteiger partial charge in [0, 0.05) is 31.7 Å². The van der Waals surface area contributed by atoms with E-state index in [9.17, 15) is 0 Å². The highest BCUT2D eigenvalue weighted by Gasteiger charge is 2.35. The van der Waals surface area contributed by atoms with Gasteiger partial charge in [0.15, 0.2) is 0 Å². The average Bonchev–Trinajstić information content (AvgIpc) is 2.17. The third-order valence-electron chi connectivity index (χ3n) is 3.63. The Bertz CT molecular complexity index is 196. The van der Waals surface area contributed by atoms with Crippen molar-refractivity contribution in [2.24, 2.45) is 0 Å². The van der Waals surface area contributed by atoms with E-state index in [-0.39, 0.29) is 0 Å². The van der Waals surface area contributed by atoms with Crippen molar-refractivity contribution in [3.05, 3.63) is 0 Å². The van der Waals surface area contributed by atoms with Crippen LogP contribution in [0, 0.1) is 0 Å². The highest BCUT2D eigenvalue weighted by Crippen LogP contribution is 2.22. The number of likely N-dealkylation sites (N-methyl/N-ethyl adjacent to an activating group) is 1. The summed E-state index contributed by atoms with van der Waals surface area (Å²) < 4.78 is 5.85. The second-order valence-electron chi connectivity index (χ2n) is 4.83. The van der Waals surface area contributed by atoms with Crippen molar-refractivity contribution in [2.75, 3.05) is 33.3 Å². The first-order valence-corrected chi connectivity index (χ1v) is 5.74. The van der Waals surface area contributed by atoms with E-state index in [1.807, 2.05) is 0 Å². The number of nitrogens with zero attached hydrogens (tertiary/aromatic N) is 2. The van der Waals surface area contributed by atoms with Gasteiger partial charge in [0.05, 0.1) is 12.7 Å². The van der Waals surface area contributed by atoms with Crippen LogP contribution in [0.3, 0.4) is 0 Å². The number of fused-ring (bicyclic) bond motifs is 1. The van der Waals surface area contributed by atoms with E-state index in [1.54, 1.807) is 0 Å². The first-order valence-electron chi connectivity index (χ1n) is 5.74. The highest BCUT2D eigenvalue weighted by atomic mass is 16.5. The third kappa shape index (κ3) is 1.95. The van der Waals surface area contributed by atoms with E-state index in [2.05, 4.69) is 30.7 Å². The number of piperidine rings is 1. The zero-order chi connectivity index (χ0) is 10.1. The summed E-state index contributed by atoms with van der Waals surface area (Å²) >= 11 is 0. The molecule has 2 heterocycles. The molecule has 0 amide bonds. The quantitative estimate of drug-likeness (QED) is 0.620. The van der Waals surface area contributed by atoms with E-state index >= 15 is 0 Å². The maximum Gasteiger partial charge on any atom is 0.0857 e. The van der Waals surface area contributed by atoms with Gasteiger partial charge in [0.2, 0.25) is 0 Å². The summed E-state index contributed by atoms with van der Waals surface area (Å²) in [6.07, 6.45) is 1.71. The van der Waals surface area contributed by atoms with Gasteiger partial charge in [-0.3, -0.25) is 9.80 Å². The molecular weight excluding hydrogens is 176 g/mol.